The van der Waals surface area contributed by atoms with Gasteiger partial charge in [-0.25, -0.2) is 0 Å². The molecule has 1 N–H and O–H groups in total. The van der Waals surface area contributed by atoms with Crippen molar-refractivity contribution in [2.45, 2.75) is 38.8 Å². The van der Waals surface area contributed by atoms with Crippen LogP contribution in [-0.4, -0.2) is 77.9 Å². The summed E-state index contributed by atoms with van der Waals surface area (Å²) in [5, 5.41) is 1.00. The highest BCUT2D eigenvalue weighted by molar-refractivity contribution is 5.79. The normalized spacial score (nSPS) is 20.8. The predicted octanol–water partition coefficient (Wildman–Crippen LogP) is 1.94. The highest BCUT2D eigenvalue weighted by atomic mass is 16.2. The molecule has 152 valence electrons. The summed E-state index contributed by atoms with van der Waals surface area (Å²) >= 11 is 0. The number of aromatic nitrogens is 1. The first-order chi connectivity index (χ1) is 13.3. The number of fused-ring (bicyclic) bond motifs is 1. The molecule has 6 heteroatoms. The van der Waals surface area contributed by atoms with Gasteiger partial charge in [0.05, 0.1) is 0 Å². The zero-order valence-electron chi connectivity index (χ0n) is 17.4. The first kappa shape index (κ1) is 20.6. The minimum Gasteiger partial charge on any atom is -0.340 e. The molecule has 1 aromatic heterocycles. The zero-order chi connectivity index (χ0) is 20.3. The maximum Gasteiger partial charge on any atom is 0.251 e. The molecular formula is C22H32N4O2. The average molecular weight is 385 g/mol. The van der Waals surface area contributed by atoms with Gasteiger partial charge in [-0.05, 0) is 51.9 Å². The van der Waals surface area contributed by atoms with Gasteiger partial charge in [0.2, 0.25) is 5.91 Å². The molecule has 1 aliphatic rings. The van der Waals surface area contributed by atoms with Crippen molar-refractivity contribution in [2.24, 2.45) is 0 Å². The lowest BCUT2D eigenvalue weighted by molar-refractivity contribution is -0.135. The van der Waals surface area contributed by atoms with E-state index >= 15 is 0 Å². The highest BCUT2D eigenvalue weighted by Crippen LogP contribution is 2.17. The number of amides is 1. The number of rotatable bonds is 6. The Balaban J connectivity index is 1.60. The van der Waals surface area contributed by atoms with Crippen LogP contribution >= 0.6 is 0 Å². The van der Waals surface area contributed by atoms with Crippen molar-refractivity contribution >= 4 is 16.8 Å². The van der Waals surface area contributed by atoms with Crippen LogP contribution < -0.4 is 5.56 Å². The van der Waals surface area contributed by atoms with Crippen LogP contribution in [0, 0.1) is 0 Å². The number of aromatic amines is 1. The molecule has 3 rings (SSSR count). The second-order valence-electron chi connectivity index (χ2n) is 8.25. The van der Waals surface area contributed by atoms with Crippen molar-refractivity contribution in [2.75, 3.05) is 40.3 Å². The van der Waals surface area contributed by atoms with E-state index in [4.69, 9.17) is 0 Å². The Bertz CT molecular complexity index is 864. The number of pyridine rings is 1. The van der Waals surface area contributed by atoms with E-state index in [1.54, 1.807) is 0 Å². The van der Waals surface area contributed by atoms with Crippen LogP contribution in [0.3, 0.4) is 0 Å². The maximum atomic E-state index is 12.8. The van der Waals surface area contributed by atoms with Crippen LogP contribution in [0.2, 0.25) is 0 Å². The minimum atomic E-state index is -0.0956. The molecule has 0 saturated carbocycles. The lowest BCUT2D eigenvalue weighted by Crippen LogP contribution is -2.59. The standard InChI is InChI=1S/C22H32N4O2/c1-16-14-25(15-17(2)26(16)12-11-24(3)4)21(27)10-9-19-13-18-7-5-6-8-20(18)23-22(19)28/h5-8,13,16-17H,9-12,14-15H2,1-4H3,(H,23,28). The largest absolute Gasteiger partial charge is 0.340 e. The molecule has 1 aliphatic heterocycles. The second-order valence-corrected chi connectivity index (χ2v) is 8.25. The molecule has 1 saturated heterocycles. The zero-order valence-corrected chi connectivity index (χ0v) is 17.4. The molecule has 28 heavy (non-hydrogen) atoms. The highest BCUT2D eigenvalue weighted by Gasteiger charge is 2.31. The Hall–Kier alpha value is -2.18. The van der Waals surface area contributed by atoms with Crippen LogP contribution in [-0.2, 0) is 11.2 Å². The summed E-state index contributed by atoms with van der Waals surface area (Å²) < 4.78 is 0. The molecule has 2 unspecified atom stereocenters. The minimum absolute atomic E-state index is 0.0956. The summed E-state index contributed by atoms with van der Waals surface area (Å²) in [6.45, 7) is 7.94. The van der Waals surface area contributed by atoms with Crippen molar-refractivity contribution in [3.8, 4) is 0 Å². The SMILES string of the molecule is CC1CN(C(=O)CCc2cc3ccccc3[nH]c2=O)CC(C)N1CCN(C)C. The van der Waals surface area contributed by atoms with Gasteiger partial charge in [0.25, 0.3) is 5.56 Å². The van der Waals surface area contributed by atoms with E-state index in [0.717, 1.165) is 37.1 Å². The number of para-hydroxylation sites is 1. The molecule has 2 aromatic rings. The number of H-pyrrole nitrogens is 1. The fourth-order valence-corrected chi connectivity index (χ4v) is 4.09. The van der Waals surface area contributed by atoms with Crippen molar-refractivity contribution in [1.82, 2.24) is 19.7 Å². The third-order valence-corrected chi connectivity index (χ3v) is 5.70. The Labute approximate surface area is 167 Å². The van der Waals surface area contributed by atoms with Crippen LogP contribution in [0.1, 0.15) is 25.8 Å². The quantitative estimate of drug-likeness (QED) is 0.827. The topological polar surface area (TPSA) is 59.7 Å². The number of hydrogen-bond acceptors (Lipinski definition) is 4. The number of likely N-dealkylation sites (N-methyl/N-ethyl adjacent to an activating group) is 1. The number of hydrogen-bond donors (Lipinski definition) is 1. The van der Waals surface area contributed by atoms with Gasteiger partial charge >= 0.3 is 0 Å². The molecule has 2 heterocycles. The molecule has 0 aliphatic carbocycles. The van der Waals surface area contributed by atoms with Crippen molar-refractivity contribution in [3.05, 3.63) is 46.2 Å². The van der Waals surface area contributed by atoms with E-state index < -0.39 is 0 Å². The van der Waals surface area contributed by atoms with Crippen LogP contribution in [0.25, 0.3) is 10.9 Å². The number of piperazine rings is 1. The molecule has 1 fully saturated rings. The number of benzene rings is 1. The van der Waals surface area contributed by atoms with Crippen molar-refractivity contribution in [1.29, 1.82) is 0 Å². The summed E-state index contributed by atoms with van der Waals surface area (Å²) in [7, 11) is 4.17. The van der Waals surface area contributed by atoms with Gasteiger partial charge in [-0.3, -0.25) is 14.5 Å². The second kappa shape index (κ2) is 8.88. The van der Waals surface area contributed by atoms with Crippen LogP contribution in [0.4, 0.5) is 0 Å². The Morgan fingerprint density at radius 2 is 1.86 bits per heavy atom. The Morgan fingerprint density at radius 1 is 1.18 bits per heavy atom. The summed E-state index contributed by atoms with van der Waals surface area (Å²) in [6, 6.07) is 10.3. The third kappa shape index (κ3) is 4.80. The molecule has 0 bridgehead atoms. The number of nitrogens with one attached hydrogen (secondary N) is 1. The molecule has 0 radical (unpaired) electrons. The third-order valence-electron chi connectivity index (χ3n) is 5.70. The van der Waals surface area contributed by atoms with Gasteiger partial charge in [-0.15, -0.1) is 0 Å². The van der Waals surface area contributed by atoms with Gasteiger partial charge in [0.1, 0.15) is 0 Å². The van der Waals surface area contributed by atoms with Gasteiger partial charge in [0, 0.05) is 55.8 Å². The number of carbonyl (C=O) groups is 1. The average Bonchev–Trinajstić information content (AvgIpc) is 2.65. The predicted molar refractivity (Wildman–Crippen MR) is 114 cm³/mol. The fraction of sp³-hybridized carbons (Fsp3) is 0.545. The molecular weight excluding hydrogens is 352 g/mol. The lowest BCUT2D eigenvalue weighted by Gasteiger charge is -2.44. The van der Waals surface area contributed by atoms with E-state index in [1.807, 2.05) is 35.2 Å². The number of aryl methyl sites for hydroxylation is 1. The first-order valence-electron chi connectivity index (χ1n) is 10.1. The smallest absolute Gasteiger partial charge is 0.251 e. The summed E-state index contributed by atoms with van der Waals surface area (Å²) in [5.41, 5.74) is 1.42. The molecule has 6 nitrogen and oxygen atoms in total. The fourth-order valence-electron chi connectivity index (χ4n) is 4.09. The number of nitrogens with zero attached hydrogens (tertiary/aromatic N) is 3. The van der Waals surface area contributed by atoms with E-state index in [-0.39, 0.29) is 11.5 Å². The van der Waals surface area contributed by atoms with Gasteiger partial charge in [0.15, 0.2) is 0 Å². The Kier molecular flexibility index (Phi) is 6.52. The van der Waals surface area contributed by atoms with Gasteiger partial charge < -0.3 is 14.8 Å². The van der Waals surface area contributed by atoms with E-state index in [9.17, 15) is 9.59 Å². The summed E-state index contributed by atoms with van der Waals surface area (Å²) in [5.74, 6) is 0.138. The van der Waals surface area contributed by atoms with Crippen LogP contribution in [0.15, 0.2) is 35.1 Å². The van der Waals surface area contributed by atoms with Gasteiger partial charge in [-0.1, -0.05) is 18.2 Å². The molecule has 1 amide bonds. The maximum absolute atomic E-state index is 12.8. The molecule has 1 aromatic carbocycles. The monoisotopic (exact) mass is 384 g/mol. The van der Waals surface area contributed by atoms with Gasteiger partial charge in [-0.2, -0.15) is 0 Å². The molecule has 2 atom stereocenters. The summed E-state index contributed by atoms with van der Waals surface area (Å²) in [6.07, 6.45) is 0.848. The lowest BCUT2D eigenvalue weighted by atomic mass is 10.1. The van der Waals surface area contributed by atoms with E-state index in [1.165, 1.54) is 0 Å². The molecule has 0 spiro atoms. The first-order valence-corrected chi connectivity index (χ1v) is 10.1. The Morgan fingerprint density at radius 3 is 2.54 bits per heavy atom. The van der Waals surface area contributed by atoms with Crippen molar-refractivity contribution < 1.29 is 4.79 Å². The van der Waals surface area contributed by atoms with E-state index in [2.05, 4.69) is 42.7 Å². The van der Waals surface area contributed by atoms with Crippen molar-refractivity contribution in [3.63, 3.8) is 0 Å². The summed E-state index contributed by atoms with van der Waals surface area (Å²) in [4.78, 5) is 34.7. The van der Waals surface area contributed by atoms with E-state index in [0.29, 0.717) is 30.5 Å². The van der Waals surface area contributed by atoms with Crippen LogP contribution in [0.5, 0.6) is 0 Å². The number of carbonyl (C=O) groups excluding carboxylic acids is 1.